The molecule has 1 heterocycles. The van der Waals surface area contributed by atoms with E-state index in [0.717, 1.165) is 31.2 Å². The van der Waals surface area contributed by atoms with Gasteiger partial charge in [-0.3, -0.25) is 0 Å². The van der Waals surface area contributed by atoms with Crippen LogP contribution < -0.4 is 5.73 Å². The van der Waals surface area contributed by atoms with Crippen molar-refractivity contribution in [2.75, 3.05) is 19.6 Å². The van der Waals surface area contributed by atoms with Crippen LogP contribution in [0.3, 0.4) is 0 Å². The van der Waals surface area contributed by atoms with Crippen LogP contribution in [-0.4, -0.2) is 32.4 Å². The number of hydrogen-bond acceptors (Lipinski definition) is 3. The molecule has 1 aromatic rings. The van der Waals surface area contributed by atoms with Crippen molar-refractivity contribution in [2.24, 2.45) is 5.73 Å². The zero-order valence-electron chi connectivity index (χ0n) is 10.9. The molecular weight excluding hydrogens is 284 g/mol. The molecule has 1 saturated heterocycles. The normalized spacial score (nSPS) is 16.9. The van der Waals surface area contributed by atoms with Gasteiger partial charge < -0.3 is 5.73 Å². The summed E-state index contributed by atoms with van der Waals surface area (Å²) in [5, 5.41) is 0. The van der Waals surface area contributed by atoms with Gasteiger partial charge in [-0.25, -0.2) is 8.42 Å². The second-order valence-electron chi connectivity index (χ2n) is 4.65. The van der Waals surface area contributed by atoms with Gasteiger partial charge in [0.1, 0.15) is 0 Å². The molecule has 6 heteroatoms. The summed E-state index contributed by atoms with van der Waals surface area (Å²) in [4.78, 5) is 0.394. The lowest BCUT2D eigenvalue weighted by Crippen LogP contribution is -2.35. The lowest BCUT2D eigenvalue weighted by Gasteiger charge is -2.25. The van der Waals surface area contributed by atoms with Crippen LogP contribution in [0.2, 0.25) is 0 Å². The van der Waals surface area contributed by atoms with E-state index in [4.69, 9.17) is 5.73 Å². The number of halogens is 1. The van der Waals surface area contributed by atoms with Crippen molar-refractivity contribution in [3.8, 4) is 0 Å². The van der Waals surface area contributed by atoms with Crippen molar-refractivity contribution in [3.05, 3.63) is 29.8 Å². The third-order valence-corrected chi connectivity index (χ3v) is 5.22. The predicted octanol–water partition coefficient (Wildman–Crippen LogP) is 1.78. The summed E-state index contributed by atoms with van der Waals surface area (Å²) in [5.41, 5.74) is 6.55. The van der Waals surface area contributed by atoms with E-state index in [-0.39, 0.29) is 12.4 Å². The van der Waals surface area contributed by atoms with E-state index in [2.05, 4.69) is 0 Å². The van der Waals surface area contributed by atoms with Gasteiger partial charge in [0.05, 0.1) is 4.90 Å². The van der Waals surface area contributed by atoms with Gasteiger partial charge in [-0.15, -0.1) is 12.4 Å². The highest BCUT2D eigenvalue weighted by Crippen LogP contribution is 2.20. The molecule has 0 saturated carbocycles. The molecular formula is C13H21ClN2O2S. The molecule has 0 spiro atoms. The summed E-state index contributed by atoms with van der Waals surface area (Å²) in [5.74, 6) is 0. The van der Waals surface area contributed by atoms with Gasteiger partial charge in [0.2, 0.25) is 10.0 Å². The fourth-order valence-electron chi connectivity index (χ4n) is 2.25. The lowest BCUT2D eigenvalue weighted by molar-refractivity contribution is 0.346. The lowest BCUT2D eigenvalue weighted by atomic mass is 10.2. The fraction of sp³-hybridized carbons (Fsp3) is 0.538. The van der Waals surface area contributed by atoms with E-state index in [1.165, 1.54) is 0 Å². The molecule has 2 N–H and O–H groups in total. The second kappa shape index (κ2) is 7.24. The summed E-state index contributed by atoms with van der Waals surface area (Å²) in [6.45, 7) is 1.87. The van der Waals surface area contributed by atoms with Crippen LogP contribution in [0.4, 0.5) is 0 Å². The highest BCUT2D eigenvalue weighted by molar-refractivity contribution is 7.89. The second-order valence-corrected chi connectivity index (χ2v) is 6.59. The minimum absolute atomic E-state index is 0. The summed E-state index contributed by atoms with van der Waals surface area (Å²) in [7, 11) is -3.29. The number of rotatable bonds is 4. The largest absolute Gasteiger partial charge is 0.330 e. The van der Waals surface area contributed by atoms with Crippen molar-refractivity contribution in [3.63, 3.8) is 0 Å². The molecule has 0 atom stereocenters. The fourth-order valence-corrected chi connectivity index (χ4v) is 3.77. The summed E-state index contributed by atoms with van der Waals surface area (Å²) in [6, 6.07) is 7.08. The van der Waals surface area contributed by atoms with Crippen LogP contribution in [0.15, 0.2) is 29.2 Å². The molecule has 2 rings (SSSR count). The molecule has 1 aromatic carbocycles. The van der Waals surface area contributed by atoms with E-state index in [1.807, 2.05) is 12.1 Å². The van der Waals surface area contributed by atoms with Gasteiger partial charge in [0.25, 0.3) is 0 Å². The molecule has 108 valence electrons. The zero-order valence-corrected chi connectivity index (χ0v) is 12.5. The van der Waals surface area contributed by atoms with E-state index in [0.29, 0.717) is 24.5 Å². The van der Waals surface area contributed by atoms with Crippen molar-refractivity contribution < 1.29 is 8.42 Å². The highest BCUT2D eigenvalue weighted by Gasteiger charge is 2.25. The summed E-state index contributed by atoms with van der Waals surface area (Å²) in [6.07, 6.45) is 3.83. The Kier molecular flexibility index (Phi) is 6.26. The van der Waals surface area contributed by atoms with E-state index in [1.54, 1.807) is 16.4 Å². The Bertz CT molecular complexity index is 482. The Balaban J connectivity index is 0.00000180. The minimum atomic E-state index is -3.29. The van der Waals surface area contributed by atoms with E-state index in [9.17, 15) is 8.42 Å². The minimum Gasteiger partial charge on any atom is -0.330 e. The number of piperidine rings is 1. The molecule has 0 radical (unpaired) electrons. The SMILES string of the molecule is Cl.NCCc1ccc(S(=O)(=O)N2CCCCC2)cc1. The first kappa shape index (κ1) is 16.4. The molecule has 0 bridgehead atoms. The Morgan fingerprint density at radius 3 is 2.16 bits per heavy atom. The van der Waals surface area contributed by atoms with Crippen LogP contribution in [-0.2, 0) is 16.4 Å². The van der Waals surface area contributed by atoms with Gasteiger partial charge in [0.15, 0.2) is 0 Å². The first-order valence-electron chi connectivity index (χ1n) is 6.44. The Morgan fingerprint density at radius 1 is 1.05 bits per heavy atom. The topological polar surface area (TPSA) is 63.4 Å². The van der Waals surface area contributed by atoms with Gasteiger partial charge in [-0.1, -0.05) is 18.6 Å². The molecule has 1 fully saturated rings. The average Bonchev–Trinajstić information content (AvgIpc) is 2.41. The standard InChI is InChI=1S/C13H20N2O2S.ClH/c14-9-8-12-4-6-13(7-5-12)18(16,17)15-10-2-1-3-11-15;/h4-7H,1-3,8-11,14H2;1H. The van der Waals surface area contributed by atoms with Gasteiger partial charge in [0, 0.05) is 13.1 Å². The molecule has 19 heavy (non-hydrogen) atoms. The summed E-state index contributed by atoms with van der Waals surface area (Å²) >= 11 is 0. The number of sulfonamides is 1. The molecule has 0 amide bonds. The molecule has 4 nitrogen and oxygen atoms in total. The van der Waals surface area contributed by atoms with E-state index < -0.39 is 10.0 Å². The number of hydrogen-bond donors (Lipinski definition) is 1. The molecule has 0 aromatic heterocycles. The van der Waals surface area contributed by atoms with E-state index >= 15 is 0 Å². The summed E-state index contributed by atoms with van der Waals surface area (Å²) < 4.78 is 26.3. The number of nitrogens with two attached hydrogens (primary N) is 1. The molecule has 0 unspecified atom stereocenters. The van der Waals surface area contributed by atoms with Crippen LogP contribution in [0.1, 0.15) is 24.8 Å². The maximum atomic E-state index is 12.4. The Labute approximate surface area is 121 Å². The molecule has 0 aliphatic carbocycles. The van der Waals surface area contributed by atoms with Crippen LogP contribution in [0, 0.1) is 0 Å². The first-order chi connectivity index (χ1) is 8.64. The molecule has 1 aliphatic rings. The average molecular weight is 305 g/mol. The van der Waals surface area contributed by atoms with Gasteiger partial charge in [-0.05, 0) is 43.5 Å². The van der Waals surface area contributed by atoms with Crippen molar-refractivity contribution in [2.45, 2.75) is 30.6 Å². The Morgan fingerprint density at radius 2 is 1.63 bits per heavy atom. The molecule has 1 aliphatic heterocycles. The van der Waals surface area contributed by atoms with Gasteiger partial charge in [-0.2, -0.15) is 4.31 Å². The Hall–Kier alpha value is -0.620. The smallest absolute Gasteiger partial charge is 0.243 e. The predicted molar refractivity (Wildman–Crippen MR) is 79.1 cm³/mol. The maximum absolute atomic E-state index is 12.4. The first-order valence-corrected chi connectivity index (χ1v) is 7.88. The van der Waals surface area contributed by atoms with Gasteiger partial charge >= 0.3 is 0 Å². The highest BCUT2D eigenvalue weighted by atomic mass is 35.5. The van der Waals surface area contributed by atoms with Crippen LogP contribution in [0.25, 0.3) is 0 Å². The quantitative estimate of drug-likeness (QED) is 0.922. The number of benzene rings is 1. The maximum Gasteiger partial charge on any atom is 0.243 e. The van der Waals surface area contributed by atoms with Crippen LogP contribution in [0.5, 0.6) is 0 Å². The van der Waals surface area contributed by atoms with Crippen LogP contribution >= 0.6 is 12.4 Å². The zero-order chi connectivity index (χ0) is 13.0. The van der Waals surface area contributed by atoms with Crippen molar-refractivity contribution in [1.29, 1.82) is 0 Å². The van der Waals surface area contributed by atoms with Crippen molar-refractivity contribution >= 4 is 22.4 Å². The third kappa shape index (κ3) is 3.92. The van der Waals surface area contributed by atoms with Crippen molar-refractivity contribution in [1.82, 2.24) is 4.31 Å². The number of nitrogens with zero attached hydrogens (tertiary/aromatic N) is 1. The third-order valence-electron chi connectivity index (χ3n) is 3.31. The monoisotopic (exact) mass is 304 g/mol.